The van der Waals surface area contributed by atoms with E-state index in [2.05, 4.69) is 15.9 Å². The molecular formula is C12H12BrF4NO2. The number of amides is 1. The topological polar surface area (TPSA) is 29.5 Å². The van der Waals surface area contributed by atoms with Crippen molar-refractivity contribution in [2.45, 2.75) is 32.5 Å². The average Bonchev–Trinajstić information content (AvgIpc) is 2.24. The van der Waals surface area contributed by atoms with Crippen molar-refractivity contribution < 1.29 is 27.2 Å². The minimum Gasteiger partial charge on any atom is -0.442 e. The van der Waals surface area contributed by atoms with Gasteiger partial charge in [-0.2, -0.15) is 13.2 Å². The first-order valence-electron chi connectivity index (χ1n) is 5.47. The Bertz CT molecular complexity index is 511. The van der Waals surface area contributed by atoms with Crippen LogP contribution >= 0.6 is 15.9 Å². The van der Waals surface area contributed by atoms with E-state index in [0.29, 0.717) is 6.07 Å². The van der Waals surface area contributed by atoms with E-state index in [9.17, 15) is 22.4 Å². The molecule has 1 aromatic rings. The highest BCUT2D eigenvalue weighted by Gasteiger charge is 2.33. The molecule has 0 aromatic heterocycles. The first kappa shape index (κ1) is 16.7. The van der Waals surface area contributed by atoms with Gasteiger partial charge in [-0.15, -0.1) is 5.12 Å². The molecule has 0 heterocycles. The standard InChI is InChI=1S/C12H12BrF4NO2/c1-11(2,3)20-10(19)18(17)9-6-7(12(14,15)16)4-5-8(9)13/h4-6H,1-3H3. The molecule has 0 unspecified atom stereocenters. The van der Waals surface area contributed by atoms with Gasteiger partial charge in [0.1, 0.15) is 5.60 Å². The fourth-order valence-electron chi connectivity index (χ4n) is 1.24. The number of hydrogen-bond acceptors (Lipinski definition) is 2. The van der Waals surface area contributed by atoms with E-state index in [-0.39, 0.29) is 4.47 Å². The Morgan fingerprint density at radius 2 is 1.80 bits per heavy atom. The van der Waals surface area contributed by atoms with Crippen LogP contribution in [0.1, 0.15) is 26.3 Å². The Balaban J connectivity index is 3.09. The molecule has 3 nitrogen and oxygen atoms in total. The number of benzene rings is 1. The molecule has 0 N–H and O–H groups in total. The fraction of sp³-hybridized carbons (Fsp3) is 0.417. The zero-order chi connectivity index (χ0) is 15.7. The largest absolute Gasteiger partial charge is 0.443 e. The van der Waals surface area contributed by atoms with Gasteiger partial charge >= 0.3 is 12.3 Å². The third-order valence-corrected chi connectivity index (χ3v) is 2.71. The summed E-state index contributed by atoms with van der Waals surface area (Å²) >= 11 is 2.89. The van der Waals surface area contributed by atoms with E-state index in [1.165, 1.54) is 20.8 Å². The van der Waals surface area contributed by atoms with E-state index < -0.39 is 34.2 Å². The van der Waals surface area contributed by atoms with Gasteiger partial charge in [-0.05, 0) is 54.9 Å². The Labute approximate surface area is 121 Å². The maximum Gasteiger partial charge on any atom is 0.443 e. The molecule has 1 rings (SSSR count). The second kappa shape index (κ2) is 5.59. The molecule has 0 aliphatic carbocycles. The number of anilines is 1. The number of ether oxygens (including phenoxy) is 1. The van der Waals surface area contributed by atoms with Crippen LogP contribution in [0.5, 0.6) is 0 Å². The molecule has 0 fully saturated rings. The SMILES string of the molecule is CC(C)(C)OC(=O)N(F)c1cc(C(F)(F)F)ccc1Br. The Morgan fingerprint density at radius 3 is 2.25 bits per heavy atom. The van der Waals surface area contributed by atoms with E-state index in [4.69, 9.17) is 4.74 Å². The number of nitrogens with zero attached hydrogens (tertiary/aromatic N) is 1. The molecule has 0 bridgehead atoms. The predicted octanol–water partition coefficient (Wildman–Crippen LogP) is 5.09. The van der Waals surface area contributed by atoms with Gasteiger partial charge in [0.05, 0.1) is 11.3 Å². The van der Waals surface area contributed by atoms with Crippen LogP contribution < -0.4 is 5.12 Å². The van der Waals surface area contributed by atoms with Crippen molar-refractivity contribution in [2.75, 3.05) is 5.12 Å². The lowest BCUT2D eigenvalue weighted by Gasteiger charge is -2.22. The highest BCUT2D eigenvalue weighted by molar-refractivity contribution is 9.10. The third kappa shape index (κ3) is 4.36. The van der Waals surface area contributed by atoms with Crippen molar-refractivity contribution in [3.8, 4) is 0 Å². The van der Waals surface area contributed by atoms with Crippen molar-refractivity contribution in [2.24, 2.45) is 0 Å². The van der Waals surface area contributed by atoms with Gasteiger partial charge in [0.25, 0.3) is 0 Å². The summed E-state index contributed by atoms with van der Waals surface area (Å²) in [6, 6.07) is 2.31. The van der Waals surface area contributed by atoms with E-state index in [0.717, 1.165) is 12.1 Å². The third-order valence-electron chi connectivity index (χ3n) is 2.04. The molecule has 0 atom stereocenters. The summed E-state index contributed by atoms with van der Waals surface area (Å²) in [6.07, 6.45) is -6.03. The molecule has 0 aliphatic rings. The number of halogens is 5. The van der Waals surface area contributed by atoms with Gasteiger partial charge in [-0.25, -0.2) is 4.79 Å². The molecule has 112 valence electrons. The molecule has 0 spiro atoms. The lowest BCUT2D eigenvalue weighted by molar-refractivity contribution is -0.137. The first-order valence-corrected chi connectivity index (χ1v) is 6.27. The van der Waals surface area contributed by atoms with E-state index in [1.807, 2.05) is 0 Å². The molecule has 0 radical (unpaired) electrons. The molecule has 0 saturated carbocycles. The van der Waals surface area contributed by atoms with Gasteiger partial charge in [0, 0.05) is 4.47 Å². The van der Waals surface area contributed by atoms with Gasteiger partial charge in [0.2, 0.25) is 0 Å². The van der Waals surface area contributed by atoms with Crippen LogP contribution in [0.3, 0.4) is 0 Å². The summed E-state index contributed by atoms with van der Waals surface area (Å²) in [5, 5.41) is -0.468. The Hall–Kier alpha value is -1.31. The average molecular weight is 358 g/mol. The van der Waals surface area contributed by atoms with E-state index in [1.54, 1.807) is 0 Å². The number of carbonyl (C=O) groups excluding carboxylic acids is 1. The van der Waals surface area contributed by atoms with Crippen molar-refractivity contribution in [3.63, 3.8) is 0 Å². The minimum atomic E-state index is -4.63. The van der Waals surface area contributed by atoms with Crippen molar-refractivity contribution in [3.05, 3.63) is 28.2 Å². The lowest BCUT2D eigenvalue weighted by atomic mass is 10.2. The zero-order valence-electron chi connectivity index (χ0n) is 10.9. The summed E-state index contributed by atoms with van der Waals surface area (Å²) in [5.41, 5.74) is -2.61. The summed E-state index contributed by atoms with van der Waals surface area (Å²) < 4.78 is 56.3. The molecule has 8 heteroatoms. The highest BCUT2D eigenvalue weighted by Crippen LogP contribution is 2.36. The number of hydrogen-bond donors (Lipinski definition) is 0. The number of carbonyl (C=O) groups is 1. The van der Waals surface area contributed by atoms with Crippen LogP contribution in [-0.4, -0.2) is 11.7 Å². The first-order chi connectivity index (χ1) is 8.92. The second-order valence-electron chi connectivity index (χ2n) is 4.93. The normalized spacial score (nSPS) is 12.2. The zero-order valence-corrected chi connectivity index (χ0v) is 12.5. The van der Waals surface area contributed by atoms with Crippen LogP contribution in [0.15, 0.2) is 22.7 Å². The van der Waals surface area contributed by atoms with E-state index >= 15 is 0 Å². The molecule has 20 heavy (non-hydrogen) atoms. The summed E-state index contributed by atoms with van der Waals surface area (Å²) in [5.74, 6) is 0. The van der Waals surface area contributed by atoms with Gasteiger partial charge in [-0.1, -0.05) is 4.48 Å². The fourth-order valence-corrected chi connectivity index (χ4v) is 1.64. The van der Waals surface area contributed by atoms with Crippen molar-refractivity contribution >= 4 is 27.7 Å². The van der Waals surface area contributed by atoms with Gasteiger partial charge in [0.15, 0.2) is 0 Å². The minimum absolute atomic E-state index is 0.00106. The molecular weight excluding hydrogens is 346 g/mol. The van der Waals surface area contributed by atoms with Crippen LogP contribution in [0.4, 0.5) is 28.1 Å². The summed E-state index contributed by atoms with van der Waals surface area (Å²) in [6.45, 7) is 4.54. The monoisotopic (exact) mass is 357 g/mol. The highest BCUT2D eigenvalue weighted by atomic mass is 79.9. The molecule has 0 saturated heterocycles. The summed E-state index contributed by atoms with van der Waals surface area (Å²) in [7, 11) is 0. The summed E-state index contributed by atoms with van der Waals surface area (Å²) in [4.78, 5) is 11.5. The number of alkyl halides is 3. The Morgan fingerprint density at radius 1 is 1.25 bits per heavy atom. The van der Waals surface area contributed by atoms with Crippen molar-refractivity contribution in [1.29, 1.82) is 0 Å². The van der Waals surface area contributed by atoms with Crippen LogP contribution in [-0.2, 0) is 10.9 Å². The maximum absolute atomic E-state index is 13.8. The maximum atomic E-state index is 13.8. The molecule has 1 aromatic carbocycles. The van der Waals surface area contributed by atoms with Crippen LogP contribution in [0, 0.1) is 0 Å². The van der Waals surface area contributed by atoms with Gasteiger partial charge in [-0.3, -0.25) is 0 Å². The predicted molar refractivity (Wildman–Crippen MR) is 69.0 cm³/mol. The number of rotatable bonds is 1. The molecule has 1 amide bonds. The molecule has 0 aliphatic heterocycles. The second-order valence-corrected chi connectivity index (χ2v) is 5.78. The van der Waals surface area contributed by atoms with Crippen molar-refractivity contribution in [1.82, 2.24) is 0 Å². The Kier molecular flexibility index (Phi) is 4.68. The smallest absolute Gasteiger partial charge is 0.442 e. The van der Waals surface area contributed by atoms with Gasteiger partial charge < -0.3 is 4.74 Å². The lowest BCUT2D eigenvalue weighted by Crippen LogP contribution is -2.32. The quantitative estimate of drug-likeness (QED) is 0.517. The van der Waals surface area contributed by atoms with Crippen LogP contribution in [0.2, 0.25) is 0 Å². The van der Waals surface area contributed by atoms with Crippen LogP contribution in [0.25, 0.3) is 0 Å².